The number of carbonyl (C=O) groups is 3. The summed E-state index contributed by atoms with van der Waals surface area (Å²) in [6, 6.07) is -1.52. The van der Waals surface area contributed by atoms with E-state index in [1.54, 1.807) is 11.8 Å². The SMILES string of the molecule is CSC1CCC(NC(=O)NC(CCC(N)=O)C(=O)O)C1. The maximum absolute atomic E-state index is 11.7. The molecule has 0 radical (unpaired) electrons. The van der Waals surface area contributed by atoms with E-state index in [4.69, 9.17) is 10.8 Å². The van der Waals surface area contributed by atoms with Crippen LogP contribution < -0.4 is 16.4 Å². The number of urea groups is 1. The van der Waals surface area contributed by atoms with Crippen LogP contribution in [-0.2, 0) is 9.59 Å². The van der Waals surface area contributed by atoms with E-state index in [-0.39, 0.29) is 18.9 Å². The Morgan fingerprint density at radius 2 is 2.10 bits per heavy atom. The summed E-state index contributed by atoms with van der Waals surface area (Å²) in [5, 5.41) is 14.7. The zero-order valence-corrected chi connectivity index (χ0v) is 12.2. The molecule has 0 aromatic rings. The molecule has 0 aliphatic heterocycles. The molecule has 1 aliphatic carbocycles. The molecule has 3 amide bonds. The number of rotatable bonds is 7. The van der Waals surface area contributed by atoms with Crippen molar-refractivity contribution in [1.29, 1.82) is 0 Å². The van der Waals surface area contributed by atoms with E-state index in [0.717, 1.165) is 19.3 Å². The van der Waals surface area contributed by atoms with Crippen LogP contribution in [0.1, 0.15) is 32.1 Å². The maximum Gasteiger partial charge on any atom is 0.326 e. The minimum atomic E-state index is -1.17. The smallest absolute Gasteiger partial charge is 0.326 e. The third kappa shape index (κ3) is 5.68. The Morgan fingerprint density at radius 3 is 2.60 bits per heavy atom. The zero-order chi connectivity index (χ0) is 15.1. The van der Waals surface area contributed by atoms with Gasteiger partial charge in [0.05, 0.1) is 0 Å². The molecule has 1 aliphatic rings. The van der Waals surface area contributed by atoms with Crippen molar-refractivity contribution in [2.24, 2.45) is 5.73 Å². The first-order valence-electron chi connectivity index (χ1n) is 6.53. The lowest BCUT2D eigenvalue weighted by molar-refractivity contribution is -0.139. The first-order valence-corrected chi connectivity index (χ1v) is 7.82. The Labute approximate surface area is 122 Å². The summed E-state index contributed by atoms with van der Waals surface area (Å²) in [6.07, 6.45) is 4.81. The monoisotopic (exact) mass is 303 g/mol. The average molecular weight is 303 g/mol. The Kier molecular flexibility index (Phi) is 6.63. The number of aliphatic carboxylic acids is 1. The minimum absolute atomic E-state index is 0.00378. The number of hydrogen-bond acceptors (Lipinski definition) is 4. The van der Waals surface area contributed by atoms with Gasteiger partial charge in [0.2, 0.25) is 5.91 Å². The lowest BCUT2D eigenvalue weighted by atomic mass is 10.1. The van der Waals surface area contributed by atoms with Crippen LogP contribution in [0.2, 0.25) is 0 Å². The Bertz CT molecular complexity index is 378. The van der Waals surface area contributed by atoms with Crippen molar-refractivity contribution in [3.8, 4) is 0 Å². The molecule has 7 nitrogen and oxygen atoms in total. The van der Waals surface area contributed by atoms with Gasteiger partial charge in [-0.2, -0.15) is 11.8 Å². The normalized spacial score (nSPS) is 23.1. The van der Waals surface area contributed by atoms with Gasteiger partial charge in [-0.3, -0.25) is 4.79 Å². The molecule has 114 valence electrons. The molecule has 3 unspecified atom stereocenters. The predicted molar refractivity (Wildman–Crippen MR) is 76.5 cm³/mol. The molecule has 0 heterocycles. The predicted octanol–water partition coefficient (Wildman–Crippen LogP) is 0.288. The van der Waals surface area contributed by atoms with E-state index < -0.39 is 23.9 Å². The van der Waals surface area contributed by atoms with E-state index >= 15 is 0 Å². The molecule has 0 bridgehead atoms. The summed E-state index contributed by atoms with van der Waals surface area (Å²) in [7, 11) is 0. The molecular weight excluding hydrogens is 282 g/mol. The lowest BCUT2D eigenvalue weighted by Gasteiger charge is -2.17. The number of amides is 3. The Morgan fingerprint density at radius 1 is 1.40 bits per heavy atom. The standard InChI is InChI=1S/C12H21N3O4S/c1-20-8-3-2-7(6-8)14-12(19)15-9(11(17)18)4-5-10(13)16/h7-9H,2-6H2,1H3,(H2,13,16)(H,17,18)(H2,14,15,19). The highest BCUT2D eigenvalue weighted by atomic mass is 32.2. The molecule has 1 rings (SSSR count). The van der Waals surface area contributed by atoms with Crippen molar-refractivity contribution >= 4 is 29.7 Å². The second-order valence-electron chi connectivity index (χ2n) is 4.88. The fourth-order valence-corrected chi connectivity index (χ4v) is 3.01. The topological polar surface area (TPSA) is 122 Å². The summed E-state index contributed by atoms with van der Waals surface area (Å²) in [5.41, 5.74) is 4.97. The highest BCUT2D eigenvalue weighted by Gasteiger charge is 2.27. The second-order valence-corrected chi connectivity index (χ2v) is 6.02. The summed E-state index contributed by atoms with van der Waals surface area (Å²) < 4.78 is 0. The van der Waals surface area contributed by atoms with Crippen LogP contribution in [0.5, 0.6) is 0 Å². The third-order valence-electron chi connectivity index (χ3n) is 3.34. The van der Waals surface area contributed by atoms with Crippen molar-refractivity contribution in [3.05, 3.63) is 0 Å². The van der Waals surface area contributed by atoms with Gasteiger partial charge in [0, 0.05) is 17.7 Å². The number of carboxylic acid groups (broad SMARTS) is 1. The zero-order valence-electron chi connectivity index (χ0n) is 11.4. The van der Waals surface area contributed by atoms with Crippen LogP contribution in [0.4, 0.5) is 4.79 Å². The van der Waals surface area contributed by atoms with Crippen LogP contribution in [0, 0.1) is 0 Å². The van der Waals surface area contributed by atoms with Gasteiger partial charge >= 0.3 is 12.0 Å². The largest absolute Gasteiger partial charge is 0.480 e. The molecule has 1 fully saturated rings. The van der Waals surface area contributed by atoms with E-state index in [1.165, 1.54) is 0 Å². The van der Waals surface area contributed by atoms with Gasteiger partial charge in [0.1, 0.15) is 6.04 Å². The summed E-state index contributed by atoms with van der Waals surface area (Å²) in [4.78, 5) is 33.4. The van der Waals surface area contributed by atoms with Crippen molar-refractivity contribution in [2.75, 3.05) is 6.26 Å². The van der Waals surface area contributed by atoms with Crippen molar-refractivity contribution in [3.63, 3.8) is 0 Å². The van der Waals surface area contributed by atoms with Gasteiger partial charge in [-0.05, 0) is 31.9 Å². The molecule has 0 aromatic heterocycles. The van der Waals surface area contributed by atoms with Crippen LogP contribution in [0.15, 0.2) is 0 Å². The van der Waals surface area contributed by atoms with Crippen LogP contribution in [0.3, 0.4) is 0 Å². The van der Waals surface area contributed by atoms with Crippen molar-refractivity contribution in [2.45, 2.75) is 49.4 Å². The molecule has 0 aromatic carbocycles. The van der Waals surface area contributed by atoms with Gasteiger partial charge < -0.3 is 21.5 Å². The number of carboxylic acids is 1. The molecule has 0 spiro atoms. The van der Waals surface area contributed by atoms with Gasteiger partial charge in [-0.1, -0.05) is 0 Å². The molecule has 5 N–H and O–H groups in total. The highest BCUT2D eigenvalue weighted by molar-refractivity contribution is 7.99. The van der Waals surface area contributed by atoms with Crippen molar-refractivity contribution in [1.82, 2.24) is 10.6 Å². The van der Waals surface area contributed by atoms with Crippen LogP contribution in [-0.4, -0.2) is 46.6 Å². The number of nitrogens with one attached hydrogen (secondary N) is 2. The quantitative estimate of drug-likeness (QED) is 0.538. The first-order chi connectivity index (χ1) is 9.42. The van der Waals surface area contributed by atoms with Crippen LogP contribution >= 0.6 is 11.8 Å². The van der Waals surface area contributed by atoms with E-state index in [1.807, 2.05) is 6.26 Å². The summed E-state index contributed by atoms with van der Waals surface area (Å²) in [6.45, 7) is 0. The third-order valence-corrected chi connectivity index (χ3v) is 4.43. The van der Waals surface area contributed by atoms with Gasteiger partial charge in [0.25, 0.3) is 0 Å². The van der Waals surface area contributed by atoms with Gasteiger partial charge in [-0.25, -0.2) is 9.59 Å². The van der Waals surface area contributed by atoms with E-state index in [2.05, 4.69) is 10.6 Å². The number of carbonyl (C=O) groups excluding carboxylic acids is 2. The van der Waals surface area contributed by atoms with E-state index in [9.17, 15) is 14.4 Å². The molecule has 0 saturated heterocycles. The number of hydrogen-bond donors (Lipinski definition) is 4. The van der Waals surface area contributed by atoms with Crippen LogP contribution in [0.25, 0.3) is 0 Å². The van der Waals surface area contributed by atoms with Gasteiger partial charge in [-0.15, -0.1) is 0 Å². The first kappa shape index (κ1) is 16.6. The molecular formula is C12H21N3O4S. The molecule has 8 heteroatoms. The number of thioether (sulfide) groups is 1. The highest BCUT2D eigenvalue weighted by Crippen LogP contribution is 2.27. The Balaban J connectivity index is 2.38. The molecule has 20 heavy (non-hydrogen) atoms. The second kappa shape index (κ2) is 7.98. The summed E-state index contributed by atoms with van der Waals surface area (Å²) >= 11 is 1.78. The van der Waals surface area contributed by atoms with E-state index in [0.29, 0.717) is 5.25 Å². The average Bonchev–Trinajstić information content (AvgIpc) is 2.81. The summed E-state index contributed by atoms with van der Waals surface area (Å²) in [5.74, 6) is -1.76. The Hall–Kier alpha value is -1.44. The fraction of sp³-hybridized carbons (Fsp3) is 0.750. The number of nitrogens with two attached hydrogens (primary N) is 1. The maximum atomic E-state index is 11.7. The number of primary amides is 1. The van der Waals surface area contributed by atoms with Crippen molar-refractivity contribution < 1.29 is 19.5 Å². The molecule has 1 saturated carbocycles. The van der Waals surface area contributed by atoms with Gasteiger partial charge in [0.15, 0.2) is 0 Å². The minimum Gasteiger partial charge on any atom is -0.480 e. The fourth-order valence-electron chi connectivity index (χ4n) is 2.21. The lowest BCUT2D eigenvalue weighted by Crippen LogP contribution is -2.48. The molecule has 3 atom stereocenters.